The second-order valence-corrected chi connectivity index (χ2v) is 2.54. The van der Waals surface area contributed by atoms with Crippen LogP contribution in [0.2, 0.25) is 0 Å². The lowest BCUT2D eigenvalue weighted by atomic mass is 10.4. The molecule has 0 aromatic carbocycles. The molecule has 0 spiro atoms. The van der Waals surface area contributed by atoms with E-state index in [2.05, 4.69) is 10.3 Å². The number of aromatic nitrogens is 2. The lowest BCUT2D eigenvalue weighted by molar-refractivity contribution is 0.321. The Morgan fingerprint density at radius 2 is 2.45 bits per heavy atom. The molecule has 1 N–H and O–H groups in total. The third-order valence-corrected chi connectivity index (χ3v) is 1.38. The Balaban J connectivity index is 2.96. The SMILES string of the molecule is CC(C)n1nccc1/C=N/O. The van der Waals surface area contributed by atoms with Crippen LogP contribution in [0, 0.1) is 0 Å². The highest BCUT2D eigenvalue weighted by molar-refractivity contribution is 5.76. The monoisotopic (exact) mass is 153 g/mol. The fraction of sp³-hybridized carbons (Fsp3) is 0.429. The summed E-state index contributed by atoms with van der Waals surface area (Å²) in [5, 5.41) is 15.3. The summed E-state index contributed by atoms with van der Waals surface area (Å²) in [6.45, 7) is 4.03. The molecular weight excluding hydrogens is 142 g/mol. The Morgan fingerprint density at radius 3 is 3.00 bits per heavy atom. The van der Waals surface area contributed by atoms with Crippen LogP contribution >= 0.6 is 0 Å². The Morgan fingerprint density at radius 1 is 1.73 bits per heavy atom. The zero-order valence-corrected chi connectivity index (χ0v) is 6.60. The van der Waals surface area contributed by atoms with E-state index in [1.54, 1.807) is 16.9 Å². The average Bonchev–Trinajstić information content (AvgIpc) is 2.36. The first-order valence-electron chi connectivity index (χ1n) is 3.46. The van der Waals surface area contributed by atoms with Gasteiger partial charge in [0.1, 0.15) is 0 Å². The van der Waals surface area contributed by atoms with Crippen LogP contribution < -0.4 is 0 Å². The van der Waals surface area contributed by atoms with E-state index >= 15 is 0 Å². The zero-order chi connectivity index (χ0) is 8.27. The van der Waals surface area contributed by atoms with Crippen molar-refractivity contribution in [3.8, 4) is 0 Å². The van der Waals surface area contributed by atoms with Gasteiger partial charge in [0.05, 0.1) is 11.9 Å². The maximum absolute atomic E-state index is 8.27. The molecule has 1 heterocycles. The summed E-state index contributed by atoms with van der Waals surface area (Å²) < 4.78 is 1.78. The summed E-state index contributed by atoms with van der Waals surface area (Å²) in [5.74, 6) is 0. The first-order chi connectivity index (χ1) is 5.25. The van der Waals surface area contributed by atoms with Crippen LogP contribution in [0.1, 0.15) is 25.6 Å². The maximum Gasteiger partial charge on any atom is 0.0915 e. The molecular formula is C7H11N3O. The van der Waals surface area contributed by atoms with E-state index in [9.17, 15) is 0 Å². The van der Waals surface area contributed by atoms with Crippen LogP contribution in [0.15, 0.2) is 17.4 Å². The molecule has 0 saturated heterocycles. The number of oxime groups is 1. The first-order valence-corrected chi connectivity index (χ1v) is 3.46. The Bertz CT molecular complexity index is 252. The van der Waals surface area contributed by atoms with E-state index in [1.165, 1.54) is 6.21 Å². The minimum absolute atomic E-state index is 0.290. The summed E-state index contributed by atoms with van der Waals surface area (Å²) in [5.41, 5.74) is 0.808. The zero-order valence-electron chi connectivity index (χ0n) is 6.60. The molecule has 0 fully saturated rings. The molecule has 0 aliphatic rings. The van der Waals surface area contributed by atoms with Crippen LogP contribution in [0.4, 0.5) is 0 Å². The van der Waals surface area contributed by atoms with Crippen molar-refractivity contribution in [1.82, 2.24) is 9.78 Å². The molecule has 0 aliphatic heterocycles. The number of hydrogen-bond donors (Lipinski definition) is 1. The fourth-order valence-corrected chi connectivity index (χ4v) is 0.917. The topological polar surface area (TPSA) is 50.4 Å². The smallest absolute Gasteiger partial charge is 0.0915 e. The van der Waals surface area contributed by atoms with Crippen molar-refractivity contribution in [3.05, 3.63) is 18.0 Å². The molecule has 11 heavy (non-hydrogen) atoms. The minimum atomic E-state index is 0.290. The highest BCUT2D eigenvalue weighted by Gasteiger charge is 2.02. The third-order valence-electron chi connectivity index (χ3n) is 1.38. The number of nitrogens with zero attached hydrogens (tertiary/aromatic N) is 3. The van der Waals surface area contributed by atoms with Crippen LogP contribution in [-0.4, -0.2) is 21.2 Å². The predicted octanol–water partition coefficient (Wildman–Crippen LogP) is 1.27. The highest BCUT2D eigenvalue weighted by Crippen LogP contribution is 2.04. The largest absolute Gasteiger partial charge is 0.411 e. The summed E-state index contributed by atoms with van der Waals surface area (Å²) in [7, 11) is 0. The van der Waals surface area contributed by atoms with Crippen LogP contribution in [-0.2, 0) is 0 Å². The van der Waals surface area contributed by atoms with Gasteiger partial charge in [0, 0.05) is 12.2 Å². The average molecular weight is 153 g/mol. The fourth-order valence-electron chi connectivity index (χ4n) is 0.917. The molecule has 4 heteroatoms. The van der Waals surface area contributed by atoms with Crippen molar-refractivity contribution in [1.29, 1.82) is 0 Å². The van der Waals surface area contributed by atoms with E-state index in [1.807, 2.05) is 13.8 Å². The van der Waals surface area contributed by atoms with Gasteiger partial charge in [-0.2, -0.15) is 5.10 Å². The standard InChI is InChI=1S/C7H11N3O/c1-6(2)10-7(5-9-11)3-4-8-10/h3-6,11H,1-2H3/b9-5+. The van der Waals surface area contributed by atoms with Crippen molar-refractivity contribution >= 4 is 6.21 Å². The van der Waals surface area contributed by atoms with E-state index in [0.29, 0.717) is 0 Å². The lowest BCUT2D eigenvalue weighted by Crippen LogP contribution is -2.06. The van der Waals surface area contributed by atoms with Gasteiger partial charge in [0.25, 0.3) is 0 Å². The molecule has 60 valence electrons. The summed E-state index contributed by atoms with van der Waals surface area (Å²) >= 11 is 0. The van der Waals surface area contributed by atoms with E-state index in [-0.39, 0.29) is 6.04 Å². The summed E-state index contributed by atoms with van der Waals surface area (Å²) in [6, 6.07) is 2.08. The van der Waals surface area contributed by atoms with Crippen molar-refractivity contribution in [2.45, 2.75) is 19.9 Å². The molecule has 1 aromatic rings. The second kappa shape index (κ2) is 3.18. The number of hydrogen-bond acceptors (Lipinski definition) is 3. The van der Waals surface area contributed by atoms with Crippen LogP contribution in [0.25, 0.3) is 0 Å². The Kier molecular flexibility index (Phi) is 2.25. The Hall–Kier alpha value is -1.32. The molecule has 1 rings (SSSR count). The minimum Gasteiger partial charge on any atom is -0.411 e. The summed E-state index contributed by atoms with van der Waals surface area (Å²) in [6.07, 6.45) is 3.05. The summed E-state index contributed by atoms with van der Waals surface area (Å²) in [4.78, 5) is 0. The van der Waals surface area contributed by atoms with Gasteiger partial charge in [-0.1, -0.05) is 5.16 Å². The molecule has 0 radical (unpaired) electrons. The third kappa shape index (κ3) is 1.58. The quantitative estimate of drug-likeness (QED) is 0.395. The Labute approximate surface area is 65.1 Å². The van der Waals surface area contributed by atoms with Gasteiger partial charge in [0.2, 0.25) is 0 Å². The van der Waals surface area contributed by atoms with Crippen molar-refractivity contribution in [2.24, 2.45) is 5.16 Å². The maximum atomic E-state index is 8.27. The first kappa shape index (κ1) is 7.78. The predicted molar refractivity (Wildman–Crippen MR) is 42.0 cm³/mol. The molecule has 1 aromatic heterocycles. The van der Waals surface area contributed by atoms with Crippen LogP contribution in [0.5, 0.6) is 0 Å². The van der Waals surface area contributed by atoms with Gasteiger partial charge in [-0.15, -0.1) is 0 Å². The molecule has 0 atom stereocenters. The van der Waals surface area contributed by atoms with E-state index < -0.39 is 0 Å². The molecule has 0 bridgehead atoms. The normalized spacial score (nSPS) is 11.5. The second-order valence-electron chi connectivity index (χ2n) is 2.54. The van der Waals surface area contributed by atoms with Gasteiger partial charge >= 0.3 is 0 Å². The van der Waals surface area contributed by atoms with Crippen LogP contribution in [0.3, 0.4) is 0 Å². The van der Waals surface area contributed by atoms with Crippen molar-refractivity contribution in [3.63, 3.8) is 0 Å². The number of rotatable bonds is 2. The van der Waals surface area contributed by atoms with Crippen molar-refractivity contribution < 1.29 is 5.21 Å². The van der Waals surface area contributed by atoms with E-state index in [4.69, 9.17) is 5.21 Å². The highest BCUT2D eigenvalue weighted by atomic mass is 16.4. The molecule has 4 nitrogen and oxygen atoms in total. The molecule has 0 unspecified atom stereocenters. The molecule has 0 aliphatic carbocycles. The van der Waals surface area contributed by atoms with Gasteiger partial charge in [0.15, 0.2) is 0 Å². The van der Waals surface area contributed by atoms with Gasteiger partial charge < -0.3 is 5.21 Å². The molecule has 0 saturated carbocycles. The van der Waals surface area contributed by atoms with E-state index in [0.717, 1.165) is 5.69 Å². The van der Waals surface area contributed by atoms with Gasteiger partial charge in [-0.05, 0) is 19.9 Å². The van der Waals surface area contributed by atoms with Gasteiger partial charge in [-0.3, -0.25) is 4.68 Å². The van der Waals surface area contributed by atoms with Crippen molar-refractivity contribution in [2.75, 3.05) is 0 Å². The van der Waals surface area contributed by atoms with Gasteiger partial charge in [-0.25, -0.2) is 0 Å². The lowest BCUT2D eigenvalue weighted by Gasteiger charge is -2.06. The molecule has 0 amide bonds.